The number of unbranched alkanes of at least 4 members (excludes halogenated alkanes) is 1. The van der Waals surface area contributed by atoms with E-state index >= 15 is 0 Å². The van der Waals surface area contributed by atoms with Crippen LogP contribution in [0.1, 0.15) is 53.4 Å². The Balaban J connectivity index is 3.44. The average molecular weight is 166 g/mol. The normalized spacial score (nSPS) is 11.5. The zero-order valence-corrected chi connectivity index (χ0v) is 8.98. The predicted molar refractivity (Wildman–Crippen MR) is 57.3 cm³/mol. The minimum atomic E-state index is 1.18. The standard InChI is InChI=1S/C12H22/c1-5-8-12(4)10-7-6-9-11(2)3/h8-9H,5-7,10H2,1-4H3. The van der Waals surface area contributed by atoms with E-state index in [2.05, 4.69) is 39.8 Å². The van der Waals surface area contributed by atoms with E-state index in [1.807, 2.05) is 0 Å². The van der Waals surface area contributed by atoms with Crippen molar-refractivity contribution in [3.63, 3.8) is 0 Å². The first-order chi connectivity index (χ1) is 5.66. The summed E-state index contributed by atoms with van der Waals surface area (Å²) in [5, 5.41) is 0. The molecule has 12 heavy (non-hydrogen) atoms. The second kappa shape index (κ2) is 7.15. The number of hydrogen-bond acceptors (Lipinski definition) is 0. The highest BCUT2D eigenvalue weighted by molar-refractivity contribution is 4.98. The van der Waals surface area contributed by atoms with Gasteiger partial charge >= 0.3 is 0 Å². The summed E-state index contributed by atoms with van der Waals surface area (Å²) in [4.78, 5) is 0. The predicted octanol–water partition coefficient (Wildman–Crippen LogP) is 4.48. The van der Waals surface area contributed by atoms with Gasteiger partial charge in [0.05, 0.1) is 0 Å². The third-order valence-corrected chi connectivity index (χ3v) is 1.88. The molecule has 0 radical (unpaired) electrons. The van der Waals surface area contributed by atoms with Crippen molar-refractivity contribution in [2.45, 2.75) is 53.4 Å². The molecule has 0 aliphatic carbocycles. The Bertz CT molecular complexity index is 157. The molecule has 0 spiro atoms. The summed E-state index contributed by atoms with van der Waals surface area (Å²) in [6.07, 6.45) is 9.61. The van der Waals surface area contributed by atoms with Gasteiger partial charge in [0, 0.05) is 0 Å². The van der Waals surface area contributed by atoms with Crippen LogP contribution in [0.15, 0.2) is 23.3 Å². The Morgan fingerprint density at radius 1 is 1.08 bits per heavy atom. The fourth-order valence-corrected chi connectivity index (χ4v) is 1.22. The van der Waals surface area contributed by atoms with Crippen molar-refractivity contribution in [2.75, 3.05) is 0 Å². The molecule has 0 aromatic rings. The second-order valence-corrected chi connectivity index (χ2v) is 3.63. The number of hydrogen-bond donors (Lipinski definition) is 0. The van der Waals surface area contributed by atoms with E-state index in [4.69, 9.17) is 0 Å². The zero-order chi connectivity index (χ0) is 9.40. The van der Waals surface area contributed by atoms with E-state index in [1.165, 1.54) is 31.3 Å². The quantitative estimate of drug-likeness (QED) is 0.417. The molecule has 0 unspecified atom stereocenters. The van der Waals surface area contributed by atoms with Gasteiger partial charge in [0.15, 0.2) is 0 Å². The van der Waals surface area contributed by atoms with Crippen LogP contribution < -0.4 is 0 Å². The number of rotatable bonds is 5. The van der Waals surface area contributed by atoms with Gasteiger partial charge in [-0.15, -0.1) is 0 Å². The molecular weight excluding hydrogens is 144 g/mol. The molecule has 0 saturated carbocycles. The summed E-state index contributed by atoms with van der Waals surface area (Å²) < 4.78 is 0. The highest BCUT2D eigenvalue weighted by Gasteiger charge is 1.88. The average Bonchev–Trinajstić information content (AvgIpc) is 1.98. The zero-order valence-electron chi connectivity index (χ0n) is 8.98. The molecule has 0 N–H and O–H groups in total. The van der Waals surface area contributed by atoms with E-state index in [1.54, 1.807) is 5.57 Å². The lowest BCUT2D eigenvalue weighted by Gasteiger charge is -1.98. The molecule has 0 amide bonds. The number of allylic oxidation sites excluding steroid dienone is 4. The van der Waals surface area contributed by atoms with Gasteiger partial charge in [-0.1, -0.05) is 30.2 Å². The maximum absolute atomic E-state index is 2.32. The second-order valence-electron chi connectivity index (χ2n) is 3.63. The monoisotopic (exact) mass is 166 g/mol. The molecule has 0 heteroatoms. The summed E-state index contributed by atoms with van der Waals surface area (Å²) in [7, 11) is 0. The van der Waals surface area contributed by atoms with Crippen molar-refractivity contribution in [1.82, 2.24) is 0 Å². The molecule has 0 fully saturated rings. The summed E-state index contributed by atoms with van der Waals surface area (Å²) in [5.74, 6) is 0. The maximum Gasteiger partial charge on any atom is -0.0320 e. The van der Waals surface area contributed by atoms with Crippen molar-refractivity contribution in [2.24, 2.45) is 0 Å². The molecule has 0 rings (SSSR count). The van der Waals surface area contributed by atoms with Gasteiger partial charge in [0.1, 0.15) is 0 Å². The minimum absolute atomic E-state index is 1.18. The smallest absolute Gasteiger partial charge is 0.0320 e. The lowest BCUT2D eigenvalue weighted by Crippen LogP contribution is -1.78. The molecular formula is C12H22. The van der Waals surface area contributed by atoms with Gasteiger partial charge in [-0.25, -0.2) is 0 Å². The third kappa shape index (κ3) is 7.59. The Hall–Kier alpha value is -0.520. The van der Waals surface area contributed by atoms with E-state index < -0.39 is 0 Å². The van der Waals surface area contributed by atoms with Crippen LogP contribution in [0.5, 0.6) is 0 Å². The van der Waals surface area contributed by atoms with E-state index in [-0.39, 0.29) is 0 Å². The maximum atomic E-state index is 2.32. The van der Waals surface area contributed by atoms with Crippen LogP contribution in [0.3, 0.4) is 0 Å². The first kappa shape index (κ1) is 11.5. The van der Waals surface area contributed by atoms with Crippen LogP contribution in [0, 0.1) is 0 Å². The minimum Gasteiger partial charge on any atom is -0.0859 e. The van der Waals surface area contributed by atoms with E-state index in [0.29, 0.717) is 0 Å². The first-order valence-electron chi connectivity index (χ1n) is 4.95. The van der Waals surface area contributed by atoms with Gasteiger partial charge in [0.25, 0.3) is 0 Å². The first-order valence-corrected chi connectivity index (χ1v) is 4.95. The molecule has 0 saturated heterocycles. The SMILES string of the molecule is CCC=C(C)CCCC=C(C)C. The lowest BCUT2D eigenvalue weighted by atomic mass is 10.1. The van der Waals surface area contributed by atoms with Gasteiger partial charge in [-0.05, 0) is 46.5 Å². The Kier molecular flexibility index (Phi) is 6.84. The van der Waals surface area contributed by atoms with Gasteiger partial charge in [0.2, 0.25) is 0 Å². The summed E-state index contributed by atoms with van der Waals surface area (Å²) in [6, 6.07) is 0. The Morgan fingerprint density at radius 2 is 1.75 bits per heavy atom. The highest BCUT2D eigenvalue weighted by Crippen LogP contribution is 2.08. The molecule has 0 heterocycles. The fourth-order valence-electron chi connectivity index (χ4n) is 1.22. The summed E-state index contributed by atoms with van der Waals surface area (Å²) >= 11 is 0. The molecule has 0 aliphatic heterocycles. The molecule has 0 aliphatic rings. The largest absolute Gasteiger partial charge is 0.0859 e. The van der Waals surface area contributed by atoms with Gasteiger partial charge in [-0.3, -0.25) is 0 Å². The van der Waals surface area contributed by atoms with E-state index in [9.17, 15) is 0 Å². The topological polar surface area (TPSA) is 0 Å². The van der Waals surface area contributed by atoms with Crippen molar-refractivity contribution >= 4 is 0 Å². The molecule has 0 atom stereocenters. The van der Waals surface area contributed by atoms with Crippen LogP contribution in [-0.4, -0.2) is 0 Å². The summed E-state index contributed by atoms with van der Waals surface area (Å²) in [6.45, 7) is 8.75. The van der Waals surface area contributed by atoms with Crippen molar-refractivity contribution in [3.05, 3.63) is 23.3 Å². The lowest BCUT2D eigenvalue weighted by molar-refractivity contribution is 0.823. The third-order valence-electron chi connectivity index (χ3n) is 1.88. The van der Waals surface area contributed by atoms with Crippen LogP contribution in [0.25, 0.3) is 0 Å². The molecule has 0 nitrogen and oxygen atoms in total. The van der Waals surface area contributed by atoms with Gasteiger partial charge in [-0.2, -0.15) is 0 Å². The van der Waals surface area contributed by atoms with Crippen LogP contribution in [-0.2, 0) is 0 Å². The Morgan fingerprint density at radius 3 is 2.25 bits per heavy atom. The van der Waals surface area contributed by atoms with Crippen LogP contribution in [0.4, 0.5) is 0 Å². The molecule has 0 aromatic heterocycles. The van der Waals surface area contributed by atoms with E-state index in [0.717, 1.165) is 0 Å². The van der Waals surface area contributed by atoms with Crippen molar-refractivity contribution in [3.8, 4) is 0 Å². The Labute approximate surface area is 77.4 Å². The van der Waals surface area contributed by atoms with Crippen LogP contribution >= 0.6 is 0 Å². The molecule has 0 aromatic carbocycles. The summed E-state index contributed by atoms with van der Waals surface area (Å²) in [5.41, 5.74) is 2.98. The molecule has 0 bridgehead atoms. The fraction of sp³-hybridized carbons (Fsp3) is 0.667. The van der Waals surface area contributed by atoms with Crippen molar-refractivity contribution in [1.29, 1.82) is 0 Å². The van der Waals surface area contributed by atoms with Crippen LogP contribution in [0.2, 0.25) is 0 Å². The molecule has 70 valence electrons. The van der Waals surface area contributed by atoms with Gasteiger partial charge < -0.3 is 0 Å². The highest BCUT2D eigenvalue weighted by atomic mass is 13.9. The van der Waals surface area contributed by atoms with Crippen molar-refractivity contribution < 1.29 is 0 Å².